The Labute approximate surface area is 139 Å². The van der Waals surface area contributed by atoms with Crippen LogP contribution in [0.2, 0.25) is 0 Å². The van der Waals surface area contributed by atoms with E-state index in [4.69, 9.17) is 0 Å². The maximum absolute atomic E-state index is 12.2. The van der Waals surface area contributed by atoms with Crippen LogP contribution in [0.1, 0.15) is 45.6 Å². The number of carbonyl (C=O) groups is 1. The van der Waals surface area contributed by atoms with Gasteiger partial charge in [0.05, 0.1) is 0 Å². The van der Waals surface area contributed by atoms with Crippen molar-refractivity contribution in [3.63, 3.8) is 0 Å². The third kappa shape index (κ3) is 3.31. The van der Waals surface area contributed by atoms with Crippen molar-refractivity contribution in [1.29, 1.82) is 0 Å². The molecule has 2 aromatic rings. The molecular weight excluding hydrogens is 282 g/mol. The number of nitrogens with zero attached hydrogens (tertiary/aromatic N) is 1. The van der Waals surface area contributed by atoms with Crippen LogP contribution in [-0.2, 0) is 4.79 Å². The van der Waals surface area contributed by atoms with Gasteiger partial charge in [-0.2, -0.15) is 0 Å². The van der Waals surface area contributed by atoms with Gasteiger partial charge in [0.2, 0.25) is 5.91 Å². The first-order valence-corrected chi connectivity index (χ1v) is 8.36. The molecule has 23 heavy (non-hydrogen) atoms. The molecule has 2 heteroatoms. The average molecular weight is 307 g/mol. The van der Waals surface area contributed by atoms with Gasteiger partial charge in [0, 0.05) is 18.7 Å². The van der Waals surface area contributed by atoms with Gasteiger partial charge in [0.1, 0.15) is 0 Å². The second-order valence-electron chi connectivity index (χ2n) is 7.65. The molecule has 1 aliphatic heterocycles. The van der Waals surface area contributed by atoms with E-state index in [2.05, 4.69) is 76.2 Å². The lowest BCUT2D eigenvalue weighted by molar-refractivity contribution is -0.117. The molecule has 0 saturated carbocycles. The predicted molar refractivity (Wildman–Crippen MR) is 96.7 cm³/mol. The number of benzene rings is 2. The Morgan fingerprint density at radius 3 is 2.26 bits per heavy atom. The normalized spacial score (nSPS) is 17.1. The zero-order chi connectivity index (χ0) is 16.6. The molecule has 120 valence electrons. The summed E-state index contributed by atoms with van der Waals surface area (Å²) in [4.78, 5) is 14.1. The van der Waals surface area contributed by atoms with Crippen molar-refractivity contribution in [2.75, 3.05) is 11.4 Å². The predicted octanol–water partition coefficient (Wildman–Crippen LogP) is 5.24. The number of carbonyl (C=O) groups excluding carboxylic acids is 1. The fourth-order valence-electron chi connectivity index (χ4n) is 3.22. The lowest BCUT2D eigenvalue weighted by Crippen LogP contribution is -2.25. The molecule has 0 aliphatic carbocycles. The maximum Gasteiger partial charge on any atom is 0.227 e. The molecule has 0 bridgehead atoms. The van der Waals surface area contributed by atoms with Gasteiger partial charge in [-0.05, 0) is 40.2 Å². The molecule has 2 nitrogen and oxygen atoms in total. The Morgan fingerprint density at radius 2 is 1.70 bits per heavy atom. The molecule has 0 aromatic heterocycles. The van der Waals surface area contributed by atoms with Gasteiger partial charge in [-0.3, -0.25) is 4.79 Å². The molecule has 1 heterocycles. The molecule has 1 amide bonds. The van der Waals surface area contributed by atoms with Crippen molar-refractivity contribution in [3.8, 4) is 11.1 Å². The first kappa shape index (κ1) is 15.8. The number of rotatable bonds is 3. The molecule has 2 aromatic carbocycles. The Bertz CT molecular complexity index is 713. The smallest absolute Gasteiger partial charge is 0.227 e. The molecule has 0 atom stereocenters. The van der Waals surface area contributed by atoms with Crippen molar-refractivity contribution in [2.24, 2.45) is 5.41 Å². The molecule has 0 radical (unpaired) electrons. The standard InChI is InChI=1S/C21H25NO/c1-15(2)17-6-5-7-18(12-17)16-8-10-19(11-9-16)22-14-21(3,4)13-20(22)23/h5-12,15H,13-14H2,1-4H3. The summed E-state index contributed by atoms with van der Waals surface area (Å²) in [6, 6.07) is 17.1. The number of hydrogen-bond acceptors (Lipinski definition) is 1. The average Bonchev–Trinajstić information content (AvgIpc) is 2.80. The van der Waals surface area contributed by atoms with Crippen LogP contribution in [0.4, 0.5) is 5.69 Å². The van der Waals surface area contributed by atoms with Gasteiger partial charge in [0.15, 0.2) is 0 Å². The minimum Gasteiger partial charge on any atom is -0.312 e. The van der Waals surface area contributed by atoms with Crippen molar-refractivity contribution in [3.05, 3.63) is 54.1 Å². The van der Waals surface area contributed by atoms with E-state index in [0.29, 0.717) is 12.3 Å². The van der Waals surface area contributed by atoms with Crippen LogP contribution in [-0.4, -0.2) is 12.5 Å². The molecular formula is C21H25NO. The lowest BCUT2D eigenvalue weighted by Gasteiger charge is -2.20. The highest BCUT2D eigenvalue weighted by atomic mass is 16.2. The fourth-order valence-corrected chi connectivity index (χ4v) is 3.22. The van der Waals surface area contributed by atoms with Crippen LogP contribution < -0.4 is 4.90 Å². The Balaban J connectivity index is 1.85. The summed E-state index contributed by atoms with van der Waals surface area (Å²) in [6.07, 6.45) is 0.630. The third-order valence-corrected chi connectivity index (χ3v) is 4.58. The molecule has 0 N–H and O–H groups in total. The van der Waals surface area contributed by atoms with Gasteiger partial charge in [0.25, 0.3) is 0 Å². The lowest BCUT2D eigenvalue weighted by atomic mass is 9.93. The molecule has 1 aliphatic rings. The molecule has 0 spiro atoms. The third-order valence-electron chi connectivity index (χ3n) is 4.58. The van der Waals surface area contributed by atoms with E-state index in [1.807, 2.05) is 4.90 Å². The van der Waals surface area contributed by atoms with E-state index < -0.39 is 0 Å². The summed E-state index contributed by atoms with van der Waals surface area (Å²) in [5.74, 6) is 0.753. The summed E-state index contributed by atoms with van der Waals surface area (Å²) in [5, 5.41) is 0. The quantitative estimate of drug-likeness (QED) is 0.759. The van der Waals surface area contributed by atoms with E-state index in [1.165, 1.54) is 16.7 Å². The highest BCUT2D eigenvalue weighted by Gasteiger charge is 2.36. The van der Waals surface area contributed by atoms with Crippen LogP contribution >= 0.6 is 0 Å². The summed E-state index contributed by atoms with van der Waals surface area (Å²) >= 11 is 0. The largest absolute Gasteiger partial charge is 0.312 e. The van der Waals surface area contributed by atoms with Crippen LogP contribution in [0.25, 0.3) is 11.1 Å². The van der Waals surface area contributed by atoms with Crippen LogP contribution in [0, 0.1) is 5.41 Å². The second-order valence-corrected chi connectivity index (χ2v) is 7.65. The van der Waals surface area contributed by atoms with Gasteiger partial charge in [-0.25, -0.2) is 0 Å². The van der Waals surface area contributed by atoms with E-state index in [0.717, 1.165) is 12.2 Å². The van der Waals surface area contributed by atoms with E-state index in [-0.39, 0.29) is 11.3 Å². The Hall–Kier alpha value is -2.09. The van der Waals surface area contributed by atoms with Gasteiger partial charge in [-0.1, -0.05) is 64.1 Å². The summed E-state index contributed by atoms with van der Waals surface area (Å²) < 4.78 is 0. The van der Waals surface area contributed by atoms with Gasteiger partial charge < -0.3 is 4.90 Å². The molecule has 1 saturated heterocycles. The first-order chi connectivity index (χ1) is 10.9. The van der Waals surface area contributed by atoms with Crippen molar-refractivity contribution < 1.29 is 4.79 Å². The minimum atomic E-state index is 0.0708. The van der Waals surface area contributed by atoms with E-state index >= 15 is 0 Å². The van der Waals surface area contributed by atoms with E-state index in [9.17, 15) is 4.79 Å². The number of anilines is 1. The monoisotopic (exact) mass is 307 g/mol. The van der Waals surface area contributed by atoms with Crippen molar-refractivity contribution in [1.82, 2.24) is 0 Å². The number of amides is 1. The van der Waals surface area contributed by atoms with Crippen molar-refractivity contribution in [2.45, 2.75) is 40.0 Å². The Kier molecular flexibility index (Phi) is 4.01. The van der Waals surface area contributed by atoms with Crippen molar-refractivity contribution >= 4 is 11.6 Å². The summed E-state index contributed by atoms with van der Waals surface area (Å²) in [7, 11) is 0. The summed E-state index contributed by atoms with van der Waals surface area (Å²) in [6.45, 7) is 9.52. The number of hydrogen-bond donors (Lipinski definition) is 0. The maximum atomic E-state index is 12.2. The summed E-state index contributed by atoms with van der Waals surface area (Å²) in [5.41, 5.74) is 4.85. The fraction of sp³-hybridized carbons (Fsp3) is 0.381. The topological polar surface area (TPSA) is 20.3 Å². The Morgan fingerprint density at radius 1 is 1.00 bits per heavy atom. The highest BCUT2D eigenvalue weighted by molar-refractivity contribution is 5.96. The first-order valence-electron chi connectivity index (χ1n) is 8.36. The zero-order valence-electron chi connectivity index (χ0n) is 14.5. The molecule has 1 fully saturated rings. The van der Waals surface area contributed by atoms with Crippen LogP contribution in [0.15, 0.2) is 48.5 Å². The zero-order valence-corrected chi connectivity index (χ0v) is 14.5. The van der Waals surface area contributed by atoms with Crippen LogP contribution in [0.3, 0.4) is 0 Å². The molecule has 0 unspecified atom stereocenters. The highest BCUT2D eigenvalue weighted by Crippen LogP contribution is 2.34. The van der Waals surface area contributed by atoms with Crippen LogP contribution in [0.5, 0.6) is 0 Å². The SMILES string of the molecule is CC(C)c1cccc(-c2ccc(N3CC(C)(C)CC3=O)cc2)c1. The minimum absolute atomic E-state index is 0.0708. The molecule has 3 rings (SSSR count). The van der Waals surface area contributed by atoms with Gasteiger partial charge in [-0.15, -0.1) is 0 Å². The van der Waals surface area contributed by atoms with E-state index in [1.54, 1.807) is 0 Å². The second kappa shape index (κ2) is 5.84. The van der Waals surface area contributed by atoms with Gasteiger partial charge >= 0.3 is 0 Å².